The van der Waals surface area contributed by atoms with Crippen LogP contribution < -0.4 is 10.1 Å². The second kappa shape index (κ2) is 9.31. The zero-order chi connectivity index (χ0) is 24.5. The van der Waals surface area contributed by atoms with Crippen molar-refractivity contribution >= 4 is 28.8 Å². The predicted molar refractivity (Wildman–Crippen MR) is 117 cm³/mol. The number of aliphatic hydroxyl groups is 1. The zero-order valence-electron chi connectivity index (χ0n) is 17.6. The molecule has 3 aromatic heterocycles. The number of aliphatic hydroxyl groups excluding tert-OH is 1. The van der Waals surface area contributed by atoms with Crippen molar-refractivity contribution in [3.8, 4) is 17.0 Å². The summed E-state index contributed by atoms with van der Waals surface area (Å²) in [5.41, 5.74) is 1.22. The number of hydrogen-bond acceptors (Lipinski definition) is 6. The summed E-state index contributed by atoms with van der Waals surface area (Å²) in [5.74, 6) is -0.226. The van der Waals surface area contributed by atoms with E-state index < -0.39 is 31.2 Å². The number of halogens is 4. The van der Waals surface area contributed by atoms with Crippen LogP contribution >= 0.6 is 11.6 Å². The van der Waals surface area contributed by atoms with Crippen LogP contribution in [0.2, 0.25) is 5.02 Å². The van der Waals surface area contributed by atoms with Crippen LogP contribution in [0, 0.1) is 0 Å². The molecule has 1 amide bonds. The number of carbonyl (C=O) groups is 1. The molecule has 0 aliphatic carbocycles. The molecule has 0 aliphatic heterocycles. The van der Waals surface area contributed by atoms with Crippen molar-refractivity contribution in [3.63, 3.8) is 0 Å². The van der Waals surface area contributed by atoms with E-state index in [1.54, 1.807) is 24.4 Å². The molecular formula is C21H18ClF3N6O3. The Bertz CT molecular complexity index is 1340. The van der Waals surface area contributed by atoms with Crippen molar-refractivity contribution in [2.45, 2.75) is 25.2 Å². The highest BCUT2D eigenvalue weighted by molar-refractivity contribution is 6.31. The van der Waals surface area contributed by atoms with E-state index in [1.807, 2.05) is 0 Å². The number of amides is 1. The van der Waals surface area contributed by atoms with Crippen molar-refractivity contribution in [1.82, 2.24) is 24.4 Å². The maximum atomic E-state index is 13.0. The van der Waals surface area contributed by atoms with Crippen LogP contribution in [0.15, 0.2) is 49.1 Å². The maximum absolute atomic E-state index is 13.0. The standard InChI is InChI=1S/C21H18ClF3N6O3/c1-34-17-4-3-12(22)7-14(17)18-16(10-28-31(18)11-13(32)8-21(23,24)25)29-20(33)15-9-27-30-6-2-5-26-19(15)30/h2-7,9-10,13,32H,8,11H2,1H3,(H,29,33). The number of nitrogens with zero attached hydrogens (tertiary/aromatic N) is 5. The van der Waals surface area contributed by atoms with E-state index >= 15 is 0 Å². The molecule has 0 saturated heterocycles. The largest absolute Gasteiger partial charge is 0.496 e. The fourth-order valence-corrected chi connectivity index (χ4v) is 3.65. The second-order valence-electron chi connectivity index (χ2n) is 7.31. The van der Waals surface area contributed by atoms with Gasteiger partial charge in [-0.3, -0.25) is 9.48 Å². The van der Waals surface area contributed by atoms with Gasteiger partial charge in [-0.1, -0.05) is 11.6 Å². The number of methoxy groups -OCH3 is 1. The van der Waals surface area contributed by atoms with Gasteiger partial charge in [0.2, 0.25) is 0 Å². The fraction of sp³-hybridized carbons (Fsp3) is 0.238. The number of nitrogens with one attached hydrogen (secondary N) is 1. The average Bonchev–Trinajstić information content (AvgIpc) is 3.36. The molecule has 0 fully saturated rings. The van der Waals surface area contributed by atoms with Crippen LogP contribution in [0.3, 0.4) is 0 Å². The van der Waals surface area contributed by atoms with Crippen LogP contribution in [-0.2, 0) is 6.54 Å². The van der Waals surface area contributed by atoms with E-state index in [0.29, 0.717) is 22.0 Å². The minimum Gasteiger partial charge on any atom is -0.496 e. The minimum atomic E-state index is -4.56. The van der Waals surface area contributed by atoms with Crippen molar-refractivity contribution < 1.29 is 27.8 Å². The first kappa shape index (κ1) is 23.5. The Morgan fingerprint density at radius 1 is 1.29 bits per heavy atom. The number of carbonyl (C=O) groups excluding carboxylic acids is 1. The van der Waals surface area contributed by atoms with Crippen molar-refractivity contribution in [1.29, 1.82) is 0 Å². The normalized spacial score (nSPS) is 12.6. The summed E-state index contributed by atoms with van der Waals surface area (Å²) < 4.78 is 46.3. The smallest absolute Gasteiger partial charge is 0.391 e. The number of hydrogen-bond donors (Lipinski definition) is 2. The molecule has 0 saturated carbocycles. The third kappa shape index (κ3) is 4.97. The first-order valence-electron chi connectivity index (χ1n) is 9.90. The maximum Gasteiger partial charge on any atom is 0.391 e. The van der Waals surface area contributed by atoms with Crippen LogP contribution in [0.1, 0.15) is 16.8 Å². The minimum absolute atomic E-state index is 0.167. The topological polar surface area (TPSA) is 107 Å². The molecular weight excluding hydrogens is 477 g/mol. The summed E-state index contributed by atoms with van der Waals surface area (Å²) in [6, 6.07) is 6.33. The zero-order valence-corrected chi connectivity index (χ0v) is 18.4. The highest BCUT2D eigenvalue weighted by Crippen LogP contribution is 2.37. The molecule has 2 N–H and O–H groups in total. The Morgan fingerprint density at radius 3 is 2.82 bits per heavy atom. The summed E-state index contributed by atoms with van der Waals surface area (Å²) in [6.07, 6.45) is -2.00. The molecule has 1 aromatic carbocycles. The SMILES string of the molecule is COc1ccc(Cl)cc1-c1c(NC(=O)c2cnn3cccnc23)cnn1CC(O)CC(F)(F)F. The van der Waals surface area contributed by atoms with Gasteiger partial charge in [0.1, 0.15) is 11.3 Å². The lowest BCUT2D eigenvalue weighted by Gasteiger charge is -2.17. The average molecular weight is 495 g/mol. The highest BCUT2D eigenvalue weighted by atomic mass is 35.5. The Balaban J connectivity index is 1.75. The molecule has 0 aliphatic rings. The first-order chi connectivity index (χ1) is 16.2. The Labute approximate surface area is 195 Å². The number of benzene rings is 1. The molecule has 0 spiro atoms. The Morgan fingerprint density at radius 2 is 2.09 bits per heavy atom. The van der Waals surface area contributed by atoms with Gasteiger partial charge in [-0.05, 0) is 24.3 Å². The molecule has 4 aromatic rings. The third-order valence-electron chi connectivity index (χ3n) is 4.88. The Kier molecular flexibility index (Phi) is 6.44. The molecule has 1 unspecified atom stereocenters. The van der Waals surface area contributed by atoms with Crippen LogP contribution in [0.4, 0.5) is 18.9 Å². The molecule has 3 heterocycles. The van der Waals surface area contributed by atoms with Crippen molar-refractivity contribution in [3.05, 3.63) is 59.6 Å². The van der Waals surface area contributed by atoms with E-state index in [1.165, 1.54) is 36.3 Å². The van der Waals surface area contributed by atoms with Gasteiger partial charge in [-0.15, -0.1) is 0 Å². The van der Waals surface area contributed by atoms with E-state index in [-0.39, 0.29) is 16.9 Å². The fourth-order valence-electron chi connectivity index (χ4n) is 3.47. The number of fused-ring (bicyclic) bond motifs is 1. The van der Waals surface area contributed by atoms with Gasteiger partial charge in [0, 0.05) is 23.0 Å². The first-order valence-corrected chi connectivity index (χ1v) is 10.3. The van der Waals surface area contributed by atoms with Crippen molar-refractivity contribution in [2.75, 3.05) is 12.4 Å². The monoisotopic (exact) mass is 494 g/mol. The predicted octanol–water partition coefficient (Wildman–Crippen LogP) is 3.82. The van der Waals surface area contributed by atoms with Gasteiger partial charge in [0.15, 0.2) is 5.65 Å². The Hall–Kier alpha value is -3.64. The molecule has 0 radical (unpaired) electrons. The summed E-state index contributed by atoms with van der Waals surface area (Å²) >= 11 is 6.15. The van der Waals surface area contributed by atoms with Gasteiger partial charge < -0.3 is 15.2 Å². The van der Waals surface area contributed by atoms with Crippen molar-refractivity contribution in [2.24, 2.45) is 0 Å². The van der Waals surface area contributed by atoms with Crippen LogP contribution in [0.5, 0.6) is 5.75 Å². The highest BCUT2D eigenvalue weighted by Gasteiger charge is 2.32. The molecule has 13 heteroatoms. The number of alkyl halides is 3. The molecule has 0 bridgehead atoms. The quantitative estimate of drug-likeness (QED) is 0.404. The molecule has 34 heavy (non-hydrogen) atoms. The molecule has 1 atom stereocenters. The lowest BCUT2D eigenvalue weighted by molar-refractivity contribution is -0.154. The van der Waals surface area contributed by atoms with Gasteiger partial charge in [0.05, 0.1) is 50.0 Å². The lowest BCUT2D eigenvalue weighted by Crippen LogP contribution is -2.25. The number of anilines is 1. The third-order valence-corrected chi connectivity index (χ3v) is 5.11. The van der Waals surface area contributed by atoms with E-state index in [4.69, 9.17) is 16.3 Å². The van der Waals surface area contributed by atoms with Gasteiger partial charge >= 0.3 is 6.18 Å². The van der Waals surface area contributed by atoms with Gasteiger partial charge in [-0.25, -0.2) is 9.50 Å². The number of aromatic nitrogens is 5. The molecule has 9 nitrogen and oxygen atoms in total. The van der Waals surface area contributed by atoms with E-state index in [2.05, 4.69) is 20.5 Å². The summed E-state index contributed by atoms with van der Waals surface area (Å²) in [5, 5.41) is 21.2. The lowest BCUT2D eigenvalue weighted by atomic mass is 10.1. The van der Waals surface area contributed by atoms with E-state index in [0.717, 1.165) is 4.68 Å². The summed E-state index contributed by atoms with van der Waals surface area (Å²) in [7, 11) is 1.41. The molecule has 4 rings (SSSR count). The van der Waals surface area contributed by atoms with Crippen LogP contribution in [0.25, 0.3) is 16.9 Å². The number of ether oxygens (including phenoxy) is 1. The second-order valence-corrected chi connectivity index (χ2v) is 7.74. The van der Waals surface area contributed by atoms with E-state index in [9.17, 15) is 23.1 Å². The number of rotatable bonds is 7. The summed E-state index contributed by atoms with van der Waals surface area (Å²) in [4.78, 5) is 17.2. The van der Waals surface area contributed by atoms with Gasteiger partial charge in [-0.2, -0.15) is 23.4 Å². The molecule has 178 valence electrons. The van der Waals surface area contributed by atoms with Crippen LogP contribution in [-0.4, -0.2) is 54.8 Å². The summed E-state index contributed by atoms with van der Waals surface area (Å²) in [6.45, 7) is -0.487. The van der Waals surface area contributed by atoms with Gasteiger partial charge in [0.25, 0.3) is 5.91 Å².